The summed E-state index contributed by atoms with van der Waals surface area (Å²) in [5.74, 6) is 0.482. The smallest absolute Gasteiger partial charge is 0.358 e. The standard InChI is InChI=1S/C14H19OP.C5H10.2CH3.Fe/c1-12(13-8-6-7-9-13)16(2,15)14-10-4-3-5-11-14;1-2-4-5-3-1;;;/h3-5,10-11,13H,1,6-9H2,2H3;1-5H2;2*1H3;/q;;2*-1;+2/t16-;;;;/m0..../s1. The van der Waals surface area contributed by atoms with Crippen molar-refractivity contribution in [3.63, 3.8) is 0 Å². The van der Waals surface area contributed by atoms with Crippen molar-refractivity contribution in [2.45, 2.75) is 57.8 Å². The maximum absolute atomic E-state index is 12.8. The summed E-state index contributed by atoms with van der Waals surface area (Å²) in [5.41, 5.74) is 0. The van der Waals surface area contributed by atoms with Crippen LogP contribution in [-0.4, -0.2) is 6.66 Å². The number of hydrogen-bond acceptors (Lipinski definition) is 1. The van der Waals surface area contributed by atoms with Gasteiger partial charge in [-0.1, -0.05) is 81.9 Å². The molecule has 1 aromatic rings. The van der Waals surface area contributed by atoms with E-state index in [-0.39, 0.29) is 31.9 Å². The second-order valence-corrected chi connectivity index (χ2v) is 9.44. The Morgan fingerprint density at radius 1 is 0.917 bits per heavy atom. The van der Waals surface area contributed by atoms with Gasteiger partial charge in [0.15, 0.2) is 0 Å². The third-order valence-corrected chi connectivity index (χ3v) is 7.62. The van der Waals surface area contributed by atoms with Crippen LogP contribution in [0.3, 0.4) is 0 Å². The molecule has 0 spiro atoms. The molecular formula is C21H35FeOP. The Labute approximate surface area is 161 Å². The van der Waals surface area contributed by atoms with Crippen LogP contribution in [-0.2, 0) is 21.6 Å². The van der Waals surface area contributed by atoms with Crippen molar-refractivity contribution in [1.29, 1.82) is 0 Å². The quantitative estimate of drug-likeness (QED) is 0.313. The van der Waals surface area contributed by atoms with E-state index in [1.807, 2.05) is 37.0 Å². The van der Waals surface area contributed by atoms with Crippen molar-refractivity contribution in [2.24, 2.45) is 5.92 Å². The van der Waals surface area contributed by atoms with Crippen LogP contribution in [0.1, 0.15) is 57.8 Å². The molecule has 0 heterocycles. The molecule has 1 atom stereocenters. The van der Waals surface area contributed by atoms with E-state index in [1.165, 1.54) is 57.8 Å². The van der Waals surface area contributed by atoms with Gasteiger partial charge in [-0.15, -0.1) is 0 Å². The average Bonchev–Trinajstić information content (AvgIpc) is 3.23. The zero-order chi connectivity index (χ0) is 15.1. The first-order valence-electron chi connectivity index (χ1n) is 8.45. The zero-order valence-corrected chi connectivity index (χ0v) is 17.7. The van der Waals surface area contributed by atoms with Gasteiger partial charge in [-0.3, -0.25) is 0 Å². The third kappa shape index (κ3) is 7.30. The van der Waals surface area contributed by atoms with Crippen LogP contribution < -0.4 is 5.30 Å². The van der Waals surface area contributed by atoms with Gasteiger partial charge in [0.25, 0.3) is 0 Å². The van der Waals surface area contributed by atoms with Crippen LogP contribution in [0.15, 0.2) is 42.2 Å². The van der Waals surface area contributed by atoms with Crippen LogP contribution in [0.25, 0.3) is 0 Å². The first-order chi connectivity index (χ1) is 10.1. The molecule has 0 amide bonds. The van der Waals surface area contributed by atoms with Crippen molar-refractivity contribution in [3.05, 3.63) is 57.1 Å². The summed E-state index contributed by atoms with van der Waals surface area (Å²) in [4.78, 5) is 0. The fourth-order valence-electron chi connectivity index (χ4n) is 3.37. The normalized spacial score (nSPS) is 18.7. The minimum atomic E-state index is -2.38. The van der Waals surface area contributed by atoms with Crippen molar-refractivity contribution in [3.8, 4) is 0 Å². The van der Waals surface area contributed by atoms with Gasteiger partial charge < -0.3 is 19.4 Å². The first-order valence-corrected chi connectivity index (χ1v) is 10.6. The van der Waals surface area contributed by atoms with E-state index in [0.717, 1.165) is 10.6 Å². The van der Waals surface area contributed by atoms with Crippen LogP contribution in [0.4, 0.5) is 0 Å². The number of allylic oxidation sites excluding steroid dienone is 1. The maximum atomic E-state index is 12.8. The molecule has 1 nitrogen and oxygen atoms in total. The van der Waals surface area contributed by atoms with Gasteiger partial charge in [0.1, 0.15) is 7.14 Å². The maximum Gasteiger partial charge on any atom is 2.00 e. The Morgan fingerprint density at radius 3 is 1.75 bits per heavy atom. The van der Waals surface area contributed by atoms with Gasteiger partial charge in [0, 0.05) is 5.30 Å². The molecule has 0 radical (unpaired) electrons. The molecule has 0 aliphatic heterocycles. The van der Waals surface area contributed by atoms with E-state index in [4.69, 9.17) is 0 Å². The predicted octanol–water partition coefficient (Wildman–Crippen LogP) is 6.86. The molecule has 3 heteroatoms. The van der Waals surface area contributed by atoms with Crippen molar-refractivity contribution in [1.82, 2.24) is 0 Å². The minimum Gasteiger partial charge on any atom is -0.358 e. The summed E-state index contributed by atoms with van der Waals surface area (Å²) in [5, 5.41) is 1.93. The van der Waals surface area contributed by atoms with Crippen LogP contribution >= 0.6 is 7.14 Å². The average molecular weight is 390 g/mol. The molecule has 0 N–H and O–H groups in total. The first kappa shape index (κ1) is 25.9. The monoisotopic (exact) mass is 390 g/mol. The summed E-state index contributed by atoms with van der Waals surface area (Å²) in [7, 11) is -2.38. The molecule has 2 fully saturated rings. The molecule has 0 saturated heterocycles. The summed E-state index contributed by atoms with van der Waals surface area (Å²) < 4.78 is 12.8. The Morgan fingerprint density at radius 2 is 1.33 bits per heavy atom. The predicted molar refractivity (Wildman–Crippen MR) is 107 cm³/mol. The van der Waals surface area contributed by atoms with Crippen molar-refractivity contribution < 1.29 is 21.6 Å². The van der Waals surface area contributed by atoms with Crippen molar-refractivity contribution in [2.75, 3.05) is 6.66 Å². The van der Waals surface area contributed by atoms with E-state index >= 15 is 0 Å². The van der Waals surface area contributed by atoms with Gasteiger partial charge >= 0.3 is 17.1 Å². The Kier molecular flexibility index (Phi) is 14.0. The molecule has 1 aromatic carbocycles. The fourth-order valence-corrected chi connectivity index (χ4v) is 5.40. The Bertz CT molecular complexity index is 480. The van der Waals surface area contributed by atoms with E-state index < -0.39 is 7.14 Å². The van der Waals surface area contributed by atoms with E-state index in [1.54, 1.807) is 0 Å². The van der Waals surface area contributed by atoms with Crippen molar-refractivity contribution >= 4 is 12.4 Å². The number of rotatable bonds is 3. The number of benzene rings is 1. The SMILES string of the molecule is C1CCCC1.C=C(C1CCCC1)[P@](C)(=O)c1ccccc1.[CH3-].[CH3-].[Fe+2]. The molecule has 0 aromatic heterocycles. The largest absolute Gasteiger partial charge is 2.00 e. The van der Waals surface area contributed by atoms with Crippen LogP contribution in [0, 0.1) is 20.8 Å². The minimum absolute atomic E-state index is 0. The molecule has 0 unspecified atom stereocenters. The Hall–Kier alpha value is -0.291. The Balaban J connectivity index is 0. The summed E-state index contributed by atoms with van der Waals surface area (Å²) in [6, 6.07) is 9.78. The molecule has 2 aliphatic carbocycles. The number of hydrogen-bond donors (Lipinski definition) is 0. The van der Waals surface area contributed by atoms with E-state index in [9.17, 15) is 4.57 Å². The summed E-state index contributed by atoms with van der Waals surface area (Å²) in [6.07, 6.45) is 12.4. The summed E-state index contributed by atoms with van der Waals surface area (Å²) >= 11 is 0. The van der Waals surface area contributed by atoms with Gasteiger partial charge in [0.2, 0.25) is 0 Å². The van der Waals surface area contributed by atoms with E-state index in [2.05, 4.69) is 6.58 Å². The molecule has 24 heavy (non-hydrogen) atoms. The molecule has 0 bridgehead atoms. The summed E-state index contributed by atoms with van der Waals surface area (Å²) in [6.45, 7) is 5.99. The van der Waals surface area contributed by atoms with Gasteiger partial charge in [-0.25, -0.2) is 0 Å². The zero-order valence-electron chi connectivity index (χ0n) is 15.7. The molecule has 3 rings (SSSR count). The second-order valence-electron chi connectivity index (χ2n) is 6.50. The van der Waals surface area contributed by atoms with E-state index in [0.29, 0.717) is 5.92 Å². The van der Waals surface area contributed by atoms with Gasteiger partial charge in [-0.05, 0) is 30.7 Å². The van der Waals surface area contributed by atoms with Gasteiger partial charge in [-0.2, -0.15) is 0 Å². The second kappa shape index (κ2) is 13.0. The molecule has 138 valence electrons. The molecular weight excluding hydrogens is 355 g/mol. The fraction of sp³-hybridized carbons (Fsp3) is 0.524. The van der Waals surface area contributed by atoms with Crippen LogP contribution in [0.5, 0.6) is 0 Å². The van der Waals surface area contributed by atoms with Crippen LogP contribution in [0.2, 0.25) is 0 Å². The molecule has 2 saturated carbocycles. The third-order valence-electron chi connectivity index (χ3n) is 4.87. The van der Waals surface area contributed by atoms with Gasteiger partial charge in [0.05, 0.1) is 0 Å². The topological polar surface area (TPSA) is 17.1 Å². The molecule has 2 aliphatic rings.